The molecule has 0 aliphatic heterocycles. The van der Waals surface area contributed by atoms with Crippen LogP contribution in [0.5, 0.6) is 0 Å². The van der Waals surface area contributed by atoms with E-state index in [1.807, 2.05) is 72.8 Å². The van der Waals surface area contributed by atoms with Crippen LogP contribution in [0.3, 0.4) is 0 Å². The standard InChI is InChI=1S/C30H40N2O2/c33-29(23-21-27-17-11-9-12-18-27)31-25-15-7-5-3-1-2-4-6-8-16-26-32-30(34)24-22-28-19-13-10-14-20-28/h9-14,17-24H,1-8,15-16,25-26H2,(H,31,33)(H,32,34)/b23-21+,24-22+. The summed E-state index contributed by atoms with van der Waals surface area (Å²) < 4.78 is 0. The summed E-state index contributed by atoms with van der Waals surface area (Å²) in [6.07, 6.45) is 18.9. The maximum atomic E-state index is 11.8. The van der Waals surface area contributed by atoms with Crippen molar-refractivity contribution in [3.8, 4) is 0 Å². The minimum atomic E-state index is -0.0212. The number of rotatable bonds is 17. The van der Waals surface area contributed by atoms with Gasteiger partial charge in [0.1, 0.15) is 0 Å². The SMILES string of the molecule is O=C(/C=C/c1ccccc1)NCCCCCCCCCCCCNC(=O)/C=C/c1ccccc1. The molecule has 0 aromatic heterocycles. The predicted octanol–water partition coefficient (Wildman–Crippen LogP) is 6.55. The van der Waals surface area contributed by atoms with Gasteiger partial charge in [0.15, 0.2) is 0 Å². The number of nitrogens with one attached hydrogen (secondary N) is 2. The largest absolute Gasteiger partial charge is 0.353 e. The van der Waals surface area contributed by atoms with E-state index in [4.69, 9.17) is 0 Å². The molecule has 4 nitrogen and oxygen atoms in total. The van der Waals surface area contributed by atoms with Crippen molar-refractivity contribution in [3.05, 3.63) is 83.9 Å². The Morgan fingerprint density at radius 2 is 0.824 bits per heavy atom. The second-order valence-electron chi connectivity index (χ2n) is 8.61. The first-order chi connectivity index (χ1) is 16.7. The van der Waals surface area contributed by atoms with Gasteiger partial charge < -0.3 is 10.6 Å². The van der Waals surface area contributed by atoms with Gasteiger partial charge in [0.2, 0.25) is 11.8 Å². The Bertz CT molecular complexity index is 786. The van der Waals surface area contributed by atoms with Crippen LogP contribution in [0.15, 0.2) is 72.8 Å². The normalized spacial score (nSPS) is 11.2. The summed E-state index contributed by atoms with van der Waals surface area (Å²) in [5.74, 6) is -0.0425. The Kier molecular flexibility index (Phi) is 14.6. The highest BCUT2D eigenvalue weighted by Gasteiger charge is 1.97. The molecule has 0 aliphatic carbocycles. The molecule has 0 heterocycles. The van der Waals surface area contributed by atoms with Crippen LogP contribution >= 0.6 is 0 Å². The number of carbonyl (C=O) groups is 2. The number of amides is 2. The average Bonchev–Trinajstić information content (AvgIpc) is 2.87. The fraction of sp³-hybridized carbons (Fsp3) is 0.400. The molecule has 4 heteroatoms. The van der Waals surface area contributed by atoms with Crippen LogP contribution in [-0.2, 0) is 9.59 Å². The van der Waals surface area contributed by atoms with Crippen LogP contribution in [0.4, 0.5) is 0 Å². The number of unbranched alkanes of at least 4 members (excludes halogenated alkanes) is 9. The van der Waals surface area contributed by atoms with E-state index in [1.165, 1.54) is 51.4 Å². The topological polar surface area (TPSA) is 58.2 Å². The Morgan fingerprint density at radius 1 is 0.500 bits per heavy atom. The predicted molar refractivity (Wildman–Crippen MR) is 143 cm³/mol. The lowest BCUT2D eigenvalue weighted by atomic mass is 10.1. The van der Waals surface area contributed by atoms with E-state index in [0.29, 0.717) is 0 Å². The fourth-order valence-electron chi connectivity index (χ4n) is 3.68. The number of carbonyl (C=O) groups excluding carboxylic acids is 2. The summed E-state index contributed by atoms with van der Waals surface area (Å²) >= 11 is 0. The minimum Gasteiger partial charge on any atom is -0.353 e. The first-order valence-corrected chi connectivity index (χ1v) is 12.8. The highest BCUT2D eigenvalue weighted by Crippen LogP contribution is 2.10. The van der Waals surface area contributed by atoms with E-state index in [2.05, 4.69) is 10.6 Å². The van der Waals surface area contributed by atoms with Crippen LogP contribution in [0, 0.1) is 0 Å². The molecule has 0 aliphatic rings. The lowest BCUT2D eigenvalue weighted by Crippen LogP contribution is -2.21. The zero-order chi connectivity index (χ0) is 24.1. The first kappa shape index (κ1) is 27.1. The van der Waals surface area contributed by atoms with Crippen molar-refractivity contribution in [2.24, 2.45) is 0 Å². The maximum absolute atomic E-state index is 11.8. The van der Waals surface area contributed by atoms with Gasteiger partial charge in [-0.15, -0.1) is 0 Å². The monoisotopic (exact) mass is 460 g/mol. The molecule has 2 aromatic rings. The molecule has 0 spiro atoms. The van der Waals surface area contributed by atoms with E-state index in [0.717, 1.165) is 37.1 Å². The van der Waals surface area contributed by atoms with Crippen LogP contribution in [0.25, 0.3) is 12.2 Å². The van der Waals surface area contributed by atoms with Crippen LogP contribution < -0.4 is 10.6 Å². The van der Waals surface area contributed by atoms with Crippen molar-refractivity contribution in [1.29, 1.82) is 0 Å². The number of benzene rings is 2. The molecule has 0 atom stereocenters. The molecule has 0 saturated heterocycles. The minimum absolute atomic E-state index is 0.0212. The van der Waals surface area contributed by atoms with Crippen LogP contribution in [0.2, 0.25) is 0 Å². The van der Waals surface area contributed by atoms with E-state index < -0.39 is 0 Å². The smallest absolute Gasteiger partial charge is 0.243 e. The zero-order valence-electron chi connectivity index (χ0n) is 20.4. The molecule has 0 radical (unpaired) electrons. The van der Waals surface area contributed by atoms with Crippen molar-refractivity contribution < 1.29 is 9.59 Å². The zero-order valence-corrected chi connectivity index (χ0v) is 20.4. The first-order valence-electron chi connectivity index (χ1n) is 12.8. The lowest BCUT2D eigenvalue weighted by Gasteiger charge is -2.04. The lowest BCUT2D eigenvalue weighted by molar-refractivity contribution is -0.117. The van der Waals surface area contributed by atoms with Gasteiger partial charge >= 0.3 is 0 Å². The van der Waals surface area contributed by atoms with E-state index in [1.54, 1.807) is 12.2 Å². The van der Waals surface area contributed by atoms with E-state index in [9.17, 15) is 9.59 Å². The average molecular weight is 461 g/mol. The van der Waals surface area contributed by atoms with E-state index >= 15 is 0 Å². The van der Waals surface area contributed by atoms with E-state index in [-0.39, 0.29) is 11.8 Å². The number of hydrogen-bond donors (Lipinski definition) is 2. The van der Waals surface area contributed by atoms with Gasteiger partial charge in [0.05, 0.1) is 0 Å². The van der Waals surface area contributed by atoms with Crippen molar-refractivity contribution in [2.75, 3.05) is 13.1 Å². The second-order valence-corrected chi connectivity index (χ2v) is 8.61. The van der Waals surface area contributed by atoms with Gasteiger partial charge in [-0.2, -0.15) is 0 Å². The third-order valence-electron chi connectivity index (χ3n) is 5.66. The molecular formula is C30H40N2O2. The quantitative estimate of drug-likeness (QED) is 0.208. The van der Waals surface area contributed by atoms with Gasteiger partial charge in [0, 0.05) is 25.2 Å². The molecule has 2 aromatic carbocycles. The number of hydrogen-bond acceptors (Lipinski definition) is 2. The highest BCUT2D eigenvalue weighted by molar-refractivity contribution is 5.92. The van der Waals surface area contributed by atoms with Gasteiger partial charge in [-0.25, -0.2) is 0 Å². The van der Waals surface area contributed by atoms with Crippen LogP contribution in [-0.4, -0.2) is 24.9 Å². The summed E-state index contributed by atoms with van der Waals surface area (Å²) in [5, 5.41) is 5.91. The summed E-state index contributed by atoms with van der Waals surface area (Å²) in [5.41, 5.74) is 2.08. The van der Waals surface area contributed by atoms with Crippen molar-refractivity contribution in [2.45, 2.75) is 64.2 Å². The van der Waals surface area contributed by atoms with Gasteiger partial charge in [0.25, 0.3) is 0 Å². The molecule has 0 bridgehead atoms. The van der Waals surface area contributed by atoms with Crippen molar-refractivity contribution in [1.82, 2.24) is 10.6 Å². The summed E-state index contributed by atoms with van der Waals surface area (Å²) in [4.78, 5) is 23.6. The molecule has 2 N–H and O–H groups in total. The van der Waals surface area contributed by atoms with Gasteiger partial charge in [-0.3, -0.25) is 9.59 Å². The van der Waals surface area contributed by atoms with Crippen LogP contribution in [0.1, 0.15) is 75.3 Å². The Balaban J connectivity index is 1.32. The molecule has 0 unspecified atom stereocenters. The van der Waals surface area contributed by atoms with Gasteiger partial charge in [-0.1, -0.05) is 112 Å². The molecular weight excluding hydrogens is 420 g/mol. The third-order valence-corrected chi connectivity index (χ3v) is 5.66. The third kappa shape index (κ3) is 14.1. The molecule has 2 amide bonds. The molecule has 182 valence electrons. The maximum Gasteiger partial charge on any atom is 0.243 e. The summed E-state index contributed by atoms with van der Waals surface area (Å²) in [7, 11) is 0. The fourth-order valence-corrected chi connectivity index (χ4v) is 3.68. The summed E-state index contributed by atoms with van der Waals surface area (Å²) in [6, 6.07) is 19.7. The highest BCUT2D eigenvalue weighted by atomic mass is 16.2. The second kappa shape index (κ2) is 18.3. The Morgan fingerprint density at radius 3 is 1.18 bits per heavy atom. The molecule has 2 rings (SSSR count). The van der Waals surface area contributed by atoms with Gasteiger partial charge in [-0.05, 0) is 36.1 Å². The molecule has 0 fully saturated rings. The Hall–Kier alpha value is -3.14. The van der Waals surface area contributed by atoms with Crippen molar-refractivity contribution >= 4 is 24.0 Å². The molecule has 34 heavy (non-hydrogen) atoms. The summed E-state index contributed by atoms with van der Waals surface area (Å²) in [6.45, 7) is 1.49. The van der Waals surface area contributed by atoms with Crippen molar-refractivity contribution in [3.63, 3.8) is 0 Å². The Labute approximate surface area is 205 Å². The molecule has 0 saturated carbocycles.